The summed E-state index contributed by atoms with van der Waals surface area (Å²) in [6.07, 6.45) is 1.27. The van der Waals surface area contributed by atoms with Gasteiger partial charge in [-0.1, -0.05) is 0 Å². The molecule has 2 atom stereocenters. The van der Waals surface area contributed by atoms with Crippen molar-refractivity contribution < 1.29 is 9.47 Å². The molecule has 0 spiro atoms. The van der Waals surface area contributed by atoms with E-state index in [-0.39, 0.29) is 11.7 Å². The van der Waals surface area contributed by atoms with Crippen LogP contribution < -0.4 is 5.32 Å². The molecule has 0 fully saturated rings. The summed E-state index contributed by atoms with van der Waals surface area (Å²) in [6.45, 7) is 9.32. The summed E-state index contributed by atoms with van der Waals surface area (Å²) in [5.41, 5.74) is -0.0529. The predicted molar refractivity (Wildman–Crippen MR) is 59.6 cm³/mol. The molecule has 3 nitrogen and oxygen atoms in total. The molecular weight excluding hydrogens is 178 g/mol. The Bertz CT molecular complexity index is 148. The van der Waals surface area contributed by atoms with Crippen LogP contribution in [0.3, 0.4) is 0 Å². The molecule has 14 heavy (non-hydrogen) atoms. The fourth-order valence-corrected chi connectivity index (χ4v) is 1.34. The third-order valence-corrected chi connectivity index (χ3v) is 2.51. The topological polar surface area (TPSA) is 30.5 Å². The second-order valence-corrected chi connectivity index (χ2v) is 4.52. The Hall–Kier alpha value is -0.120. The van der Waals surface area contributed by atoms with Gasteiger partial charge < -0.3 is 14.8 Å². The van der Waals surface area contributed by atoms with Crippen LogP contribution in [0, 0.1) is 0 Å². The van der Waals surface area contributed by atoms with E-state index >= 15 is 0 Å². The summed E-state index contributed by atoms with van der Waals surface area (Å²) in [6, 6.07) is 0.447. The molecule has 3 heteroatoms. The summed E-state index contributed by atoms with van der Waals surface area (Å²) in [7, 11) is 3.49. The van der Waals surface area contributed by atoms with Crippen molar-refractivity contribution in [1.82, 2.24) is 5.32 Å². The molecule has 0 saturated heterocycles. The lowest BCUT2D eigenvalue weighted by atomic mass is 10.00. The van der Waals surface area contributed by atoms with E-state index in [1.54, 1.807) is 14.2 Å². The molecule has 0 aromatic rings. The van der Waals surface area contributed by atoms with Gasteiger partial charge in [-0.3, -0.25) is 0 Å². The van der Waals surface area contributed by atoms with Crippen molar-refractivity contribution >= 4 is 0 Å². The maximum atomic E-state index is 5.37. The van der Waals surface area contributed by atoms with Gasteiger partial charge in [0.05, 0.1) is 11.7 Å². The maximum Gasteiger partial charge on any atom is 0.0667 e. The standard InChI is InChI=1S/C11H25NO2/c1-9(7-11(3,4)14-6)12-8-10(2)13-5/h9-10,12H,7-8H2,1-6H3. The van der Waals surface area contributed by atoms with Gasteiger partial charge in [0, 0.05) is 26.8 Å². The molecule has 0 aliphatic heterocycles. The molecular formula is C11H25NO2. The first-order chi connectivity index (χ1) is 6.41. The molecule has 2 unspecified atom stereocenters. The highest BCUT2D eigenvalue weighted by Crippen LogP contribution is 2.15. The van der Waals surface area contributed by atoms with Crippen molar-refractivity contribution in [3.8, 4) is 0 Å². The van der Waals surface area contributed by atoms with E-state index in [0.29, 0.717) is 6.04 Å². The maximum absolute atomic E-state index is 5.37. The first kappa shape index (κ1) is 13.9. The molecule has 0 bridgehead atoms. The normalized spacial score (nSPS) is 16.7. The van der Waals surface area contributed by atoms with E-state index in [1.807, 2.05) is 0 Å². The van der Waals surface area contributed by atoms with Gasteiger partial charge in [0.25, 0.3) is 0 Å². The van der Waals surface area contributed by atoms with E-state index in [1.165, 1.54) is 0 Å². The van der Waals surface area contributed by atoms with Gasteiger partial charge in [0.2, 0.25) is 0 Å². The summed E-state index contributed by atoms with van der Waals surface area (Å²) in [5.74, 6) is 0. The van der Waals surface area contributed by atoms with Crippen LogP contribution in [-0.2, 0) is 9.47 Å². The largest absolute Gasteiger partial charge is 0.380 e. The van der Waals surface area contributed by atoms with Crippen molar-refractivity contribution in [2.75, 3.05) is 20.8 Å². The molecule has 86 valence electrons. The van der Waals surface area contributed by atoms with Gasteiger partial charge in [-0.05, 0) is 34.1 Å². The Morgan fingerprint density at radius 2 is 1.79 bits per heavy atom. The van der Waals surface area contributed by atoms with E-state index in [2.05, 4.69) is 33.0 Å². The third kappa shape index (κ3) is 6.35. The van der Waals surface area contributed by atoms with Gasteiger partial charge in [0.15, 0.2) is 0 Å². The fraction of sp³-hybridized carbons (Fsp3) is 1.00. The number of rotatable bonds is 7. The Kier molecular flexibility index (Phi) is 6.33. The molecule has 0 rings (SSSR count). The van der Waals surface area contributed by atoms with Crippen LogP contribution in [0.25, 0.3) is 0 Å². The number of hydrogen-bond acceptors (Lipinski definition) is 3. The molecule has 0 saturated carbocycles. The fourth-order valence-electron chi connectivity index (χ4n) is 1.34. The lowest BCUT2D eigenvalue weighted by Gasteiger charge is -2.27. The SMILES string of the molecule is COC(C)CNC(C)CC(C)(C)OC. The number of methoxy groups -OCH3 is 2. The minimum atomic E-state index is -0.0529. The van der Waals surface area contributed by atoms with Crippen LogP contribution in [0.1, 0.15) is 34.1 Å². The van der Waals surface area contributed by atoms with Gasteiger partial charge in [-0.2, -0.15) is 0 Å². The van der Waals surface area contributed by atoms with E-state index in [4.69, 9.17) is 9.47 Å². The monoisotopic (exact) mass is 203 g/mol. The zero-order valence-corrected chi connectivity index (χ0v) is 10.4. The van der Waals surface area contributed by atoms with E-state index < -0.39 is 0 Å². The molecule has 0 radical (unpaired) electrons. The van der Waals surface area contributed by atoms with Gasteiger partial charge >= 0.3 is 0 Å². The Morgan fingerprint density at radius 3 is 2.21 bits per heavy atom. The van der Waals surface area contributed by atoms with Crippen LogP contribution in [-0.4, -0.2) is 38.5 Å². The molecule has 0 aliphatic rings. The van der Waals surface area contributed by atoms with Gasteiger partial charge in [-0.25, -0.2) is 0 Å². The lowest BCUT2D eigenvalue weighted by molar-refractivity contribution is 0.00720. The Morgan fingerprint density at radius 1 is 1.21 bits per heavy atom. The molecule has 0 aromatic heterocycles. The molecule has 0 heterocycles. The van der Waals surface area contributed by atoms with Crippen molar-refractivity contribution in [3.63, 3.8) is 0 Å². The lowest BCUT2D eigenvalue weighted by Crippen LogP contribution is -2.38. The third-order valence-electron chi connectivity index (χ3n) is 2.51. The average Bonchev–Trinajstić information content (AvgIpc) is 2.13. The summed E-state index contributed by atoms with van der Waals surface area (Å²) in [5, 5.41) is 3.42. The average molecular weight is 203 g/mol. The summed E-state index contributed by atoms with van der Waals surface area (Å²) >= 11 is 0. The minimum Gasteiger partial charge on any atom is -0.380 e. The molecule has 1 N–H and O–H groups in total. The molecule has 0 aromatic carbocycles. The first-order valence-electron chi connectivity index (χ1n) is 5.22. The van der Waals surface area contributed by atoms with Crippen LogP contribution in [0.5, 0.6) is 0 Å². The predicted octanol–water partition coefficient (Wildman–Crippen LogP) is 1.81. The van der Waals surface area contributed by atoms with Crippen molar-refractivity contribution in [3.05, 3.63) is 0 Å². The Balaban J connectivity index is 3.70. The van der Waals surface area contributed by atoms with Crippen LogP contribution >= 0.6 is 0 Å². The van der Waals surface area contributed by atoms with Gasteiger partial charge in [0.1, 0.15) is 0 Å². The summed E-state index contributed by atoms with van der Waals surface area (Å²) < 4.78 is 10.5. The second kappa shape index (κ2) is 6.38. The van der Waals surface area contributed by atoms with Crippen molar-refractivity contribution in [2.24, 2.45) is 0 Å². The molecule has 0 aliphatic carbocycles. The number of nitrogens with one attached hydrogen (secondary N) is 1. The van der Waals surface area contributed by atoms with Gasteiger partial charge in [-0.15, -0.1) is 0 Å². The summed E-state index contributed by atoms with van der Waals surface area (Å²) in [4.78, 5) is 0. The van der Waals surface area contributed by atoms with Crippen molar-refractivity contribution in [1.29, 1.82) is 0 Å². The Labute approximate surface area is 88.2 Å². The number of hydrogen-bond donors (Lipinski definition) is 1. The zero-order valence-electron chi connectivity index (χ0n) is 10.4. The second-order valence-electron chi connectivity index (χ2n) is 4.52. The first-order valence-corrected chi connectivity index (χ1v) is 5.22. The smallest absolute Gasteiger partial charge is 0.0667 e. The van der Waals surface area contributed by atoms with Crippen LogP contribution in [0.4, 0.5) is 0 Å². The highest BCUT2D eigenvalue weighted by Gasteiger charge is 2.19. The molecule has 0 amide bonds. The minimum absolute atomic E-state index is 0.0529. The highest BCUT2D eigenvalue weighted by molar-refractivity contribution is 4.75. The number of ether oxygens (including phenoxy) is 2. The quantitative estimate of drug-likeness (QED) is 0.684. The van der Waals surface area contributed by atoms with Crippen LogP contribution in [0.15, 0.2) is 0 Å². The van der Waals surface area contributed by atoms with Crippen molar-refractivity contribution in [2.45, 2.75) is 51.9 Å². The van der Waals surface area contributed by atoms with E-state index in [0.717, 1.165) is 13.0 Å². The van der Waals surface area contributed by atoms with Crippen LogP contribution in [0.2, 0.25) is 0 Å². The van der Waals surface area contributed by atoms with E-state index in [9.17, 15) is 0 Å². The highest BCUT2D eigenvalue weighted by atomic mass is 16.5. The zero-order chi connectivity index (χ0) is 11.2.